The minimum absolute atomic E-state index is 0.0182. The monoisotopic (exact) mass is 465 g/mol. The normalized spacial score (nSPS) is 14.4. The average Bonchev–Trinajstić information content (AvgIpc) is 3.34. The van der Waals surface area contributed by atoms with Gasteiger partial charge in [0.1, 0.15) is 9.79 Å². The predicted octanol–water partition coefficient (Wildman–Crippen LogP) is 1.27. The van der Waals surface area contributed by atoms with Gasteiger partial charge in [0.2, 0.25) is 20.0 Å². The van der Waals surface area contributed by atoms with Crippen LogP contribution in [0.25, 0.3) is 21.3 Å². The highest BCUT2D eigenvalue weighted by Gasteiger charge is 2.32. The van der Waals surface area contributed by atoms with Crippen LogP contribution in [0.2, 0.25) is 0 Å². The molecule has 14 heteroatoms. The van der Waals surface area contributed by atoms with E-state index in [0.717, 1.165) is 4.70 Å². The molecule has 0 radical (unpaired) electrons. The molecule has 0 spiro atoms. The third-order valence-electron chi connectivity index (χ3n) is 4.36. The zero-order chi connectivity index (χ0) is 21.7. The zero-order valence-electron chi connectivity index (χ0n) is 15.4. The van der Waals surface area contributed by atoms with Crippen molar-refractivity contribution in [1.29, 1.82) is 0 Å². The number of aliphatic imine (C=N–C) groups is 1. The Balaban J connectivity index is 2.19. The van der Waals surface area contributed by atoms with Gasteiger partial charge >= 0.3 is 0 Å². The quantitative estimate of drug-likeness (QED) is 0.509. The molecule has 1 aliphatic rings. The molecule has 0 unspecified atom stereocenters. The molecule has 0 aliphatic carbocycles. The molecule has 5 N–H and O–H groups in total. The van der Waals surface area contributed by atoms with E-state index in [1.807, 2.05) is 6.07 Å². The van der Waals surface area contributed by atoms with Gasteiger partial charge in [-0.2, -0.15) is 5.11 Å². The molecule has 0 fully saturated rings. The fourth-order valence-corrected chi connectivity index (χ4v) is 6.24. The molecular formula is C16H15N7O4S3. The number of rotatable bonds is 5. The highest BCUT2D eigenvalue weighted by molar-refractivity contribution is 7.92. The summed E-state index contributed by atoms with van der Waals surface area (Å²) in [6.07, 6.45) is 0. The average molecular weight is 466 g/mol. The number of hydrogen-bond acceptors (Lipinski definition) is 10. The van der Waals surface area contributed by atoms with Crippen molar-refractivity contribution in [3.63, 3.8) is 0 Å². The molecular weight excluding hydrogens is 450 g/mol. The molecule has 0 saturated carbocycles. The van der Waals surface area contributed by atoms with Crippen LogP contribution in [-0.2, 0) is 20.0 Å². The van der Waals surface area contributed by atoms with Gasteiger partial charge in [0.15, 0.2) is 17.6 Å². The van der Waals surface area contributed by atoms with Crippen molar-refractivity contribution in [3.8, 4) is 11.1 Å². The number of thiazole rings is 1. The fraction of sp³-hybridized carbons (Fsp3) is 0.125. The number of hydrogen-bond donors (Lipinski definition) is 3. The van der Waals surface area contributed by atoms with E-state index in [1.165, 1.54) is 30.5 Å². The molecule has 0 saturated heterocycles. The van der Waals surface area contributed by atoms with Crippen molar-refractivity contribution in [2.45, 2.75) is 9.79 Å². The molecule has 156 valence electrons. The Kier molecular flexibility index (Phi) is 4.90. The maximum atomic E-state index is 12.6. The summed E-state index contributed by atoms with van der Waals surface area (Å²) in [4.78, 5) is 7.30. The van der Waals surface area contributed by atoms with Crippen molar-refractivity contribution < 1.29 is 16.8 Å². The van der Waals surface area contributed by atoms with Gasteiger partial charge in [-0.3, -0.25) is 0 Å². The van der Waals surface area contributed by atoms with Crippen molar-refractivity contribution in [3.05, 3.63) is 35.9 Å². The Morgan fingerprint density at radius 2 is 1.87 bits per heavy atom. The minimum atomic E-state index is -4.52. The zero-order valence-corrected chi connectivity index (χ0v) is 17.8. The van der Waals surface area contributed by atoms with Gasteiger partial charge in [0, 0.05) is 5.56 Å². The highest BCUT2D eigenvalue weighted by atomic mass is 32.2. The van der Waals surface area contributed by atoms with Crippen LogP contribution in [0.5, 0.6) is 0 Å². The van der Waals surface area contributed by atoms with Gasteiger partial charge in [0.25, 0.3) is 0 Å². The van der Waals surface area contributed by atoms with E-state index in [0.29, 0.717) is 21.8 Å². The van der Waals surface area contributed by atoms with E-state index in [-0.39, 0.29) is 18.1 Å². The van der Waals surface area contributed by atoms with E-state index >= 15 is 0 Å². The van der Waals surface area contributed by atoms with E-state index in [9.17, 15) is 16.8 Å². The number of para-hydroxylation sites is 1. The molecule has 1 aromatic heterocycles. The van der Waals surface area contributed by atoms with Crippen molar-refractivity contribution >= 4 is 52.6 Å². The first-order chi connectivity index (χ1) is 14.1. The molecule has 1 aliphatic heterocycles. The number of anilines is 1. The lowest BCUT2D eigenvalue weighted by molar-refractivity contribution is 0.578. The van der Waals surface area contributed by atoms with Crippen LogP contribution in [0.15, 0.2) is 55.3 Å². The largest absolute Gasteiger partial charge is 0.375 e. The maximum Gasteiger partial charge on any atom is 0.241 e. The molecule has 0 atom stereocenters. The van der Waals surface area contributed by atoms with Gasteiger partial charge < -0.3 is 5.73 Å². The Bertz CT molecular complexity index is 1460. The number of azo groups is 1. The number of fused-ring (bicyclic) bond motifs is 1. The molecule has 3 aromatic rings. The standard InChI is InChI=1S/C16H15N7O4S3/c1-19-30(26,27)11-6-5-8(9-3-2-4-10-13(9)22-16(17)28-10)12(14(11)29(18,24)25)15-20-7-21-23-15/h2-6,19H,7H2,1H3,(H2,17,22)(H2,18,24,25). The summed E-state index contributed by atoms with van der Waals surface area (Å²) in [5, 5.41) is 13.5. The lowest BCUT2D eigenvalue weighted by Gasteiger charge is -2.16. The first kappa shape index (κ1) is 20.5. The SMILES string of the molecule is CNS(=O)(=O)c1ccc(-c2cccc3sc(N)nc23)c(C2=NCN=N2)c1S(N)(=O)=O. The summed E-state index contributed by atoms with van der Waals surface area (Å²) in [7, 11) is -7.52. The Morgan fingerprint density at radius 3 is 2.50 bits per heavy atom. The van der Waals surface area contributed by atoms with Crippen LogP contribution < -0.4 is 15.6 Å². The number of aromatic nitrogens is 1. The molecule has 30 heavy (non-hydrogen) atoms. The number of amidine groups is 1. The minimum Gasteiger partial charge on any atom is -0.375 e. The Morgan fingerprint density at radius 1 is 1.10 bits per heavy atom. The topological polar surface area (TPSA) is 182 Å². The highest BCUT2D eigenvalue weighted by Crippen LogP contribution is 2.39. The number of nitrogens with zero attached hydrogens (tertiary/aromatic N) is 4. The smallest absolute Gasteiger partial charge is 0.241 e. The van der Waals surface area contributed by atoms with Gasteiger partial charge in [0.05, 0.1) is 15.8 Å². The summed E-state index contributed by atoms with van der Waals surface area (Å²) in [6, 6.07) is 7.93. The second kappa shape index (κ2) is 7.17. The van der Waals surface area contributed by atoms with Gasteiger partial charge in [-0.1, -0.05) is 29.5 Å². The van der Waals surface area contributed by atoms with Gasteiger partial charge in [-0.25, -0.2) is 36.7 Å². The Labute approximate surface area is 175 Å². The summed E-state index contributed by atoms with van der Waals surface area (Å²) in [6.45, 7) is -0.0182. The van der Waals surface area contributed by atoms with Crippen LogP contribution in [0.4, 0.5) is 5.13 Å². The second-order valence-electron chi connectivity index (χ2n) is 6.14. The summed E-state index contributed by atoms with van der Waals surface area (Å²) in [5.74, 6) is -0.0395. The Hall–Kier alpha value is -2.78. The van der Waals surface area contributed by atoms with Gasteiger partial charge in [-0.15, -0.1) is 5.11 Å². The number of benzene rings is 2. The fourth-order valence-electron chi connectivity index (χ4n) is 3.15. The summed E-state index contributed by atoms with van der Waals surface area (Å²) in [5.41, 5.74) is 7.17. The van der Waals surface area contributed by atoms with E-state index < -0.39 is 29.8 Å². The third-order valence-corrected chi connectivity index (χ3v) is 7.79. The van der Waals surface area contributed by atoms with Crippen molar-refractivity contribution in [1.82, 2.24) is 9.71 Å². The summed E-state index contributed by atoms with van der Waals surface area (Å²) < 4.78 is 53.1. The number of primary sulfonamides is 1. The second-order valence-corrected chi connectivity index (χ2v) is 10.6. The van der Waals surface area contributed by atoms with Crippen LogP contribution in [0.1, 0.15) is 5.56 Å². The lowest BCUT2D eigenvalue weighted by Crippen LogP contribution is -2.26. The summed E-state index contributed by atoms with van der Waals surface area (Å²) >= 11 is 1.27. The van der Waals surface area contributed by atoms with Crippen LogP contribution in [-0.4, -0.2) is 41.4 Å². The molecule has 2 heterocycles. The van der Waals surface area contributed by atoms with Crippen LogP contribution in [0, 0.1) is 0 Å². The molecule has 0 amide bonds. The first-order valence-electron chi connectivity index (χ1n) is 8.34. The molecule has 0 bridgehead atoms. The maximum absolute atomic E-state index is 12.6. The van der Waals surface area contributed by atoms with Crippen LogP contribution in [0.3, 0.4) is 0 Å². The molecule has 4 rings (SSSR count). The number of nitrogen functional groups attached to an aromatic ring is 1. The van der Waals surface area contributed by atoms with Gasteiger partial charge in [-0.05, 0) is 24.7 Å². The first-order valence-corrected chi connectivity index (χ1v) is 12.2. The van der Waals surface area contributed by atoms with E-state index in [4.69, 9.17) is 10.9 Å². The number of nitrogens with two attached hydrogens (primary N) is 2. The van der Waals surface area contributed by atoms with E-state index in [1.54, 1.807) is 12.1 Å². The van der Waals surface area contributed by atoms with E-state index in [2.05, 4.69) is 24.9 Å². The van der Waals surface area contributed by atoms with Crippen molar-refractivity contribution in [2.24, 2.45) is 20.4 Å². The van der Waals surface area contributed by atoms with Crippen molar-refractivity contribution in [2.75, 3.05) is 19.5 Å². The molecule has 11 nitrogen and oxygen atoms in total. The molecule has 2 aromatic carbocycles. The predicted molar refractivity (Wildman–Crippen MR) is 113 cm³/mol. The lowest BCUT2D eigenvalue weighted by atomic mass is 9.98. The third kappa shape index (κ3) is 3.37. The number of nitrogens with one attached hydrogen (secondary N) is 1. The van der Waals surface area contributed by atoms with Crippen LogP contribution >= 0.6 is 11.3 Å². The number of sulfonamides is 2.